The molecule has 2 aliphatic carbocycles. The molecule has 2 saturated carbocycles. The highest BCUT2D eigenvalue weighted by Crippen LogP contribution is 2.65. The van der Waals surface area contributed by atoms with Crippen molar-refractivity contribution in [1.82, 2.24) is 0 Å². The Morgan fingerprint density at radius 1 is 1.33 bits per heavy atom. The lowest BCUT2D eigenvalue weighted by molar-refractivity contribution is 0.119. The maximum Gasteiger partial charge on any atom is 0.0667 e. The van der Waals surface area contributed by atoms with Gasteiger partial charge in [0.25, 0.3) is 0 Å². The van der Waals surface area contributed by atoms with E-state index < -0.39 is 0 Å². The van der Waals surface area contributed by atoms with Gasteiger partial charge in [-0.15, -0.1) is 0 Å². The summed E-state index contributed by atoms with van der Waals surface area (Å²) in [6.45, 7) is 6.85. The Bertz CT molecular complexity index is 243. The molecule has 66 valence electrons. The van der Waals surface area contributed by atoms with Gasteiger partial charge in [0.05, 0.1) is 12.0 Å². The van der Waals surface area contributed by atoms with Crippen molar-refractivity contribution in [3.63, 3.8) is 0 Å². The maximum absolute atomic E-state index is 9.14. The van der Waals surface area contributed by atoms with E-state index in [1.165, 1.54) is 19.3 Å². The first kappa shape index (κ1) is 8.10. The maximum atomic E-state index is 9.14. The van der Waals surface area contributed by atoms with Crippen LogP contribution in [-0.2, 0) is 0 Å². The number of hydrogen-bond donors (Lipinski definition) is 0. The molecule has 0 unspecified atom stereocenters. The molecular formula is C11H17N. The third-order valence-electron chi connectivity index (χ3n) is 4.40. The van der Waals surface area contributed by atoms with Gasteiger partial charge in [0.15, 0.2) is 0 Å². The summed E-state index contributed by atoms with van der Waals surface area (Å²) < 4.78 is 0. The smallest absolute Gasteiger partial charge is 0.0667 e. The van der Waals surface area contributed by atoms with Gasteiger partial charge in [0, 0.05) is 0 Å². The van der Waals surface area contributed by atoms with E-state index >= 15 is 0 Å². The van der Waals surface area contributed by atoms with E-state index in [0.29, 0.717) is 11.3 Å². The zero-order valence-electron chi connectivity index (χ0n) is 8.22. The van der Waals surface area contributed by atoms with Crippen molar-refractivity contribution < 1.29 is 0 Å². The SMILES string of the molecule is CC1(C)[C@H]2CC[C@@](C)(C2)[C@@H]1C#N. The number of nitrogens with zero attached hydrogens (tertiary/aromatic N) is 1. The van der Waals surface area contributed by atoms with Crippen molar-refractivity contribution in [3.8, 4) is 6.07 Å². The molecule has 0 heterocycles. The summed E-state index contributed by atoms with van der Waals surface area (Å²) in [4.78, 5) is 0. The molecule has 0 aromatic rings. The topological polar surface area (TPSA) is 23.8 Å². The number of fused-ring (bicyclic) bond motifs is 2. The molecule has 1 heteroatoms. The van der Waals surface area contributed by atoms with Crippen molar-refractivity contribution in [2.75, 3.05) is 0 Å². The Labute approximate surface area is 74.8 Å². The van der Waals surface area contributed by atoms with Crippen molar-refractivity contribution in [2.24, 2.45) is 22.7 Å². The van der Waals surface area contributed by atoms with Crippen LogP contribution in [0, 0.1) is 34.0 Å². The van der Waals surface area contributed by atoms with Gasteiger partial charge >= 0.3 is 0 Å². The van der Waals surface area contributed by atoms with E-state index in [0.717, 1.165) is 5.92 Å². The predicted molar refractivity (Wildman–Crippen MR) is 48.3 cm³/mol. The molecule has 2 rings (SSSR count). The van der Waals surface area contributed by atoms with E-state index in [1.54, 1.807) is 0 Å². The predicted octanol–water partition coefficient (Wildman–Crippen LogP) is 2.97. The third-order valence-corrected chi connectivity index (χ3v) is 4.40. The lowest BCUT2D eigenvalue weighted by atomic mass is 9.65. The van der Waals surface area contributed by atoms with Crippen LogP contribution in [0.4, 0.5) is 0 Å². The first-order valence-corrected chi connectivity index (χ1v) is 4.90. The van der Waals surface area contributed by atoms with Gasteiger partial charge in [-0.25, -0.2) is 0 Å². The van der Waals surface area contributed by atoms with Gasteiger partial charge in [0.2, 0.25) is 0 Å². The van der Waals surface area contributed by atoms with Crippen LogP contribution in [0.25, 0.3) is 0 Å². The molecule has 0 aromatic heterocycles. The summed E-state index contributed by atoms with van der Waals surface area (Å²) in [5.41, 5.74) is 0.630. The molecule has 12 heavy (non-hydrogen) atoms. The van der Waals surface area contributed by atoms with Crippen LogP contribution < -0.4 is 0 Å². The Hall–Kier alpha value is -0.510. The highest BCUT2D eigenvalue weighted by Gasteiger charge is 2.59. The molecule has 0 spiro atoms. The lowest BCUT2D eigenvalue weighted by Crippen LogP contribution is -2.33. The summed E-state index contributed by atoms with van der Waals surface area (Å²) in [7, 11) is 0. The first-order valence-electron chi connectivity index (χ1n) is 4.90. The zero-order valence-corrected chi connectivity index (χ0v) is 8.22. The Balaban J connectivity index is 2.39. The lowest BCUT2D eigenvalue weighted by Gasteiger charge is -2.38. The first-order chi connectivity index (χ1) is 5.50. The molecule has 2 bridgehead atoms. The molecular weight excluding hydrogens is 146 g/mol. The van der Waals surface area contributed by atoms with Gasteiger partial charge in [-0.3, -0.25) is 0 Å². The second-order valence-electron chi connectivity index (χ2n) is 5.48. The monoisotopic (exact) mass is 163 g/mol. The average molecular weight is 163 g/mol. The van der Waals surface area contributed by atoms with Gasteiger partial charge in [-0.2, -0.15) is 5.26 Å². The molecule has 0 radical (unpaired) electrons. The summed E-state index contributed by atoms with van der Waals surface area (Å²) in [5, 5.41) is 9.14. The molecule has 0 aliphatic heterocycles. The highest BCUT2D eigenvalue weighted by atomic mass is 14.6. The minimum atomic E-state index is 0.280. The van der Waals surface area contributed by atoms with Gasteiger partial charge < -0.3 is 0 Å². The zero-order chi connectivity index (χ0) is 8.98. The van der Waals surface area contributed by atoms with Crippen LogP contribution in [0.15, 0.2) is 0 Å². The van der Waals surface area contributed by atoms with Crippen LogP contribution in [0.5, 0.6) is 0 Å². The largest absolute Gasteiger partial charge is 0.198 e. The average Bonchev–Trinajstić information content (AvgIpc) is 2.39. The molecule has 3 atom stereocenters. The van der Waals surface area contributed by atoms with Crippen LogP contribution >= 0.6 is 0 Å². The van der Waals surface area contributed by atoms with Crippen LogP contribution in [-0.4, -0.2) is 0 Å². The Morgan fingerprint density at radius 2 is 2.00 bits per heavy atom. The van der Waals surface area contributed by atoms with Gasteiger partial charge in [-0.05, 0) is 36.0 Å². The minimum Gasteiger partial charge on any atom is -0.198 e. The fourth-order valence-corrected chi connectivity index (χ4v) is 3.62. The Kier molecular flexibility index (Phi) is 1.38. The van der Waals surface area contributed by atoms with Gasteiger partial charge in [0.1, 0.15) is 0 Å². The number of nitriles is 1. The van der Waals surface area contributed by atoms with E-state index in [9.17, 15) is 0 Å². The van der Waals surface area contributed by atoms with E-state index in [2.05, 4.69) is 26.8 Å². The molecule has 0 amide bonds. The number of hydrogen-bond acceptors (Lipinski definition) is 1. The summed E-state index contributed by atoms with van der Waals surface area (Å²) in [5.74, 6) is 1.11. The normalized spacial score (nSPS) is 49.2. The molecule has 0 N–H and O–H groups in total. The van der Waals surface area contributed by atoms with E-state index in [4.69, 9.17) is 5.26 Å². The standard InChI is InChI=1S/C11H17N/c1-10(2)8-4-5-11(3,6-8)9(10)7-12/h8-9H,4-6H2,1-3H3/t8-,9+,11-/m0/s1. The fourth-order valence-electron chi connectivity index (χ4n) is 3.62. The van der Waals surface area contributed by atoms with E-state index in [1.807, 2.05) is 0 Å². The molecule has 2 fully saturated rings. The number of rotatable bonds is 0. The molecule has 0 saturated heterocycles. The minimum absolute atomic E-state index is 0.280. The van der Waals surface area contributed by atoms with Gasteiger partial charge in [-0.1, -0.05) is 20.8 Å². The van der Waals surface area contributed by atoms with Crippen molar-refractivity contribution in [3.05, 3.63) is 0 Å². The quantitative estimate of drug-likeness (QED) is 0.538. The van der Waals surface area contributed by atoms with E-state index in [-0.39, 0.29) is 5.41 Å². The Morgan fingerprint density at radius 3 is 2.33 bits per heavy atom. The van der Waals surface area contributed by atoms with Crippen LogP contribution in [0.2, 0.25) is 0 Å². The second kappa shape index (κ2) is 2.05. The highest BCUT2D eigenvalue weighted by molar-refractivity contribution is 5.15. The third kappa shape index (κ3) is 0.736. The van der Waals surface area contributed by atoms with Crippen molar-refractivity contribution >= 4 is 0 Å². The molecule has 1 nitrogen and oxygen atoms in total. The van der Waals surface area contributed by atoms with Crippen molar-refractivity contribution in [1.29, 1.82) is 5.26 Å². The summed E-state index contributed by atoms with van der Waals surface area (Å²) >= 11 is 0. The molecule has 0 aromatic carbocycles. The summed E-state index contributed by atoms with van der Waals surface area (Å²) in [6.07, 6.45) is 3.92. The fraction of sp³-hybridized carbons (Fsp3) is 0.909. The van der Waals surface area contributed by atoms with Crippen LogP contribution in [0.3, 0.4) is 0 Å². The second-order valence-corrected chi connectivity index (χ2v) is 5.48. The van der Waals surface area contributed by atoms with Crippen LogP contribution in [0.1, 0.15) is 40.0 Å². The summed E-state index contributed by atoms with van der Waals surface area (Å²) in [6, 6.07) is 2.53. The molecule has 2 aliphatic rings. The van der Waals surface area contributed by atoms with Crippen molar-refractivity contribution in [2.45, 2.75) is 40.0 Å².